The van der Waals surface area contributed by atoms with E-state index in [4.69, 9.17) is 0 Å². The van der Waals surface area contributed by atoms with Gasteiger partial charge in [0.1, 0.15) is 0 Å². The van der Waals surface area contributed by atoms with Crippen LogP contribution in [0.15, 0.2) is 51.9 Å². The van der Waals surface area contributed by atoms with E-state index in [1.807, 2.05) is 24.3 Å². The molecule has 0 spiro atoms. The molecule has 0 atom stereocenters. The fourth-order valence-electron chi connectivity index (χ4n) is 1.80. The SMILES string of the molecule is CCc1ccc(C(=O)Cn2cccc(Br)c2=O)cc1. The maximum Gasteiger partial charge on any atom is 0.265 e. The molecule has 0 aliphatic carbocycles. The van der Waals surface area contributed by atoms with Crippen molar-refractivity contribution in [1.82, 2.24) is 4.57 Å². The van der Waals surface area contributed by atoms with Gasteiger partial charge in [-0.25, -0.2) is 0 Å². The number of benzene rings is 1. The number of aryl methyl sites for hydroxylation is 1. The maximum atomic E-state index is 12.1. The van der Waals surface area contributed by atoms with E-state index in [0.717, 1.165) is 6.42 Å². The average molecular weight is 320 g/mol. The van der Waals surface area contributed by atoms with E-state index in [2.05, 4.69) is 22.9 Å². The second-order valence-corrected chi connectivity index (χ2v) is 5.12. The zero-order valence-electron chi connectivity index (χ0n) is 10.6. The lowest BCUT2D eigenvalue weighted by atomic mass is 10.1. The van der Waals surface area contributed by atoms with Gasteiger partial charge in [0, 0.05) is 11.8 Å². The zero-order chi connectivity index (χ0) is 13.8. The van der Waals surface area contributed by atoms with Crippen LogP contribution >= 0.6 is 15.9 Å². The normalized spacial score (nSPS) is 10.4. The minimum absolute atomic E-state index is 0.0593. The Kier molecular flexibility index (Phi) is 4.32. The molecule has 19 heavy (non-hydrogen) atoms. The first-order valence-corrected chi connectivity index (χ1v) is 6.88. The molecule has 0 saturated carbocycles. The summed E-state index contributed by atoms with van der Waals surface area (Å²) in [4.78, 5) is 23.9. The molecule has 4 heteroatoms. The smallest absolute Gasteiger partial charge is 0.265 e. The predicted octanol–water partition coefficient (Wildman–Crippen LogP) is 3.06. The van der Waals surface area contributed by atoms with Crippen molar-refractivity contribution in [1.29, 1.82) is 0 Å². The highest BCUT2D eigenvalue weighted by atomic mass is 79.9. The number of nitrogens with zero attached hydrogens (tertiary/aromatic N) is 1. The maximum absolute atomic E-state index is 12.1. The summed E-state index contributed by atoms with van der Waals surface area (Å²) in [7, 11) is 0. The minimum atomic E-state index is -0.193. The molecule has 0 aliphatic heterocycles. The van der Waals surface area contributed by atoms with Crippen molar-refractivity contribution in [2.75, 3.05) is 0 Å². The van der Waals surface area contributed by atoms with Gasteiger partial charge in [-0.3, -0.25) is 9.59 Å². The molecule has 0 aliphatic rings. The molecule has 2 rings (SSSR count). The molecular weight excluding hydrogens is 306 g/mol. The Hall–Kier alpha value is -1.68. The third-order valence-electron chi connectivity index (χ3n) is 2.97. The van der Waals surface area contributed by atoms with Gasteiger partial charge in [-0.1, -0.05) is 31.2 Å². The topological polar surface area (TPSA) is 39.1 Å². The molecule has 1 aromatic carbocycles. The van der Waals surface area contributed by atoms with Crippen molar-refractivity contribution >= 4 is 21.7 Å². The molecule has 0 unspecified atom stereocenters. The molecule has 0 fully saturated rings. The van der Waals surface area contributed by atoms with Crippen molar-refractivity contribution in [3.8, 4) is 0 Å². The number of hydrogen-bond acceptors (Lipinski definition) is 2. The summed E-state index contributed by atoms with van der Waals surface area (Å²) in [6.07, 6.45) is 2.56. The number of aromatic nitrogens is 1. The highest BCUT2D eigenvalue weighted by Crippen LogP contribution is 2.07. The largest absolute Gasteiger partial charge is 0.307 e. The van der Waals surface area contributed by atoms with Gasteiger partial charge < -0.3 is 4.57 Å². The van der Waals surface area contributed by atoms with E-state index in [9.17, 15) is 9.59 Å². The number of hydrogen-bond donors (Lipinski definition) is 0. The lowest BCUT2D eigenvalue weighted by molar-refractivity contribution is 0.0971. The number of ketones is 1. The summed E-state index contributed by atoms with van der Waals surface area (Å²) in [5.74, 6) is -0.0668. The second-order valence-electron chi connectivity index (χ2n) is 4.26. The van der Waals surface area contributed by atoms with Crippen LogP contribution in [0.3, 0.4) is 0 Å². The summed E-state index contributed by atoms with van der Waals surface area (Å²) >= 11 is 3.17. The Labute approximate surface area is 120 Å². The average Bonchev–Trinajstić information content (AvgIpc) is 2.44. The van der Waals surface area contributed by atoms with Crippen molar-refractivity contribution in [2.45, 2.75) is 19.9 Å². The molecule has 0 N–H and O–H groups in total. The molecule has 2 aromatic rings. The molecule has 98 valence electrons. The standard InChI is InChI=1S/C15H14BrNO2/c1-2-11-5-7-12(8-6-11)14(18)10-17-9-3-4-13(16)15(17)19/h3-9H,2,10H2,1H3. The van der Waals surface area contributed by atoms with Crippen LogP contribution in [-0.4, -0.2) is 10.4 Å². The van der Waals surface area contributed by atoms with Gasteiger partial charge in [0.25, 0.3) is 5.56 Å². The van der Waals surface area contributed by atoms with Crippen LogP contribution < -0.4 is 5.56 Å². The number of carbonyl (C=O) groups is 1. The minimum Gasteiger partial charge on any atom is -0.307 e. The molecule has 0 amide bonds. The summed E-state index contributed by atoms with van der Waals surface area (Å²) < 4.78 is 1.87. The molecule has 0 saturated heterocycles. The summed E-state index contributed by atoms with van der Waals surface area (Å²) in [6.45, 7) is 2.13. The predicted molar refractivity (Wildman–Crippen MR) is 78.6 cm³/mol. The van der Waals surface area contributed by atoms with Crippen LogP contribution in [0, 0.1) is 0 Å². The molecule has 1 heterocycles. The number of carbonyl (C=O) groups excluding carboxylic acids is 1. The van der Waals surface area contributed by atoms with Crippen LogP contribution in [-0.2, 0) is 13.0 Å². The zero-order valence-corrected chi connectivity index (χ0v) is 12.2. The fraction of sp³-hybridized carbons (Fsp3) is 0.200. The Morgan fingerprint density at radius 1 is 1.21 bits per heavy atom. The lowest BCUT2D eigenvalue weighted by Crippen LogP contribution is -2.23. The van der Waals surface area contributed by atoms with E-state index in [1.165, 1.54) is 10.1 Å². The van der Waals surface area contributed by atoms with Gasteiger partial charge in [-0.15, -0.1) is 0 Å². The Bertz CT molecular complexity index is 644. The van der Waals surface area contributed by atoms with Gasteiger partial charge in [0.05, 0.1) is 11.0 Å². The van der Waals surface area contributed by atoms with E-state index >= 15 is 0 Å². The number of pyridine rings is 1. The molecule has 3 nitrogen and oxygen atoms in total. The van der Waals surface area contributed by atoms with Crippen molar-refractivity contribution in [3.05, 3.63) is 68.5 Å². The summed E-state index contributed by atoms with van der Waals surface area (Å²) in [6, 6.07) is 10.9. The molecule has 0 radical (unpaired) electrons. The van der Waals surface area contributed by atoms with Gasteiger partial charge in [-0.2, -0.15) is 0 Å². The summed E-state index contributed by atoms with van der Waals surface area (Å²) in [5.41, 5.74) is 1.63. The first-order valence-electron chi connectivity index (χ1n) is 6.09. The first-order chi connectivity index (χ1) is 9.11. The monoisotopic (exact) mass is 319 g/mol. The van der Waals surface area contributed by atoms with E-state index in [0.29, 0.717) is 10.0 Å². The third kappa shape index (κ3) is 3.20. The quantitative estimate of drug-likeness (QED) is 0.812. The van der Waals surface area contributed by atoms with Gasteiger partial charge in [0.15, 0.2) is 5.78 Å². The number of Topliss-reactive ketones (excluding diaryl/α,β-unsaturated/α-hetero) is 1. The molecule has 1 aromatic heterocycles. The van der Waals surface area contributed by atoms with E-state index in [-0.39, 0.29) is 17.9 Å². The third-order valence-corrected chi connectivity index (χ3v) is 3.58. The van der Waals surface area contributed by atoms with E-state index in [1.54, 1.807) is 18.3 Å². The Morgan fingerprint density at radius 2 is 1.89 bits per heavy atom. The second kappa shape index (κ2) is 5.97. The highest BCUT2D eigenvalue weighted by molar-refractivity contribution is 9.10. The Morgan fingerprint density at radius 3 is 2.53 bits per heavy atom. The fourth-order valence-corrected chi connectivity index (χ4v) is 2.18. The van der Waals surface area contributed by atoms with Crippen LogP contribution in [0.1, 0.15) is 22.8 Å². The number of halogens is 1. The van der Waals surface area contributed by atoms with Crippen molar-refractivity contribution in [2.24, 2.45) is 0 Å². The van der Waals surface area contributed by atoms with Crippen molar-refractivity contribution in [3.63, 3.8) is 0 Å². The van der Waals surface area contributed by atoms with Crippen LogP contribution in [0.4, 0.5) is 0 Å². The van der Waals surface area contributed by atoms with E-state index < -0.39 is 0 Å². The highest BCUT2D eigenvalue weighted by Gasteiger charge is 2.08. The van der Waals surface area contributed by atoms with Gasteiger partial charge in [-0.05, 0) is 40.0 Å². The van der Waals surface area contributed by atoms with Gasteiger partial charge in [0.2, 0.25) is 0 Å². The van der Waals surface area contributed by atoms with Crippen LogP contribution in [0.2, 0.25) is 0 Å². The molecule has 0 bridgehead atoms. The lowest BCUT2D eigenvalue weighted by Gasteiger charge is -2.06. The van der Waals surface area contributed by atoms with Crippen LogP contribution in [0.25, 0.3) is 0 Å². The van der Waals surface area contributed by atoms with Crippen molar-refractivity contribution < 1.29 is 4.79 Å². The van der Waals surface area contributed by atoms with Gasteiger partial charge >= 0.3 is 0 Å². The number of rotatable bonds is 4. The first kappa shape index (κ1) is 13.7. The molecular formula is C15H14BrNO2. The summed E-state index contributed by atoms with van der Waals surface area (Å²) in [5, 5.41) is 0. The van der Waals surface area contributed by atoms with Crippen LogP contribution in [0.5, 0.6) is 0 Å². The Balaban J connectivity index is 2.20.